The van der Waals surface area contributed by atoms with Crippen molar-refractivity contribution < 1.29 is 25.2 Å². The van der Waals surface area contributed by atoms with E-state index in [-0.39, 0.29) is 24.0 Å². The topological polar surface area (TPSA) is 122 Å². The molecule has 1 aliphatic carbocycles. The largest absolute Gasteiger partial charge is 0.508 e. The van der Waals surface area contributed by atoms with Crippen LogP contribution in [0.2, 0.25) is 5.02 Å². The normalized spacial score (nSPS) is 15.3. The molecule has 3 unspecified atom stereocenters. The molecule has 7 nitrogen and oxygen atoms in total. The Morgan fingerprint density at radius 2 is 1.56 bits per heavy atom. The predicted molar refractivity (Wildman–Crippen MR) is 161 cm³/mol. The van der Waals surface area contributed by atoms with E-state index in [2.05, 4.69) is 22.8 Å². The first-order valence-corrected chi connectivity index (χ1v) is 14.0. The number of anilines is 1. The fraction of sp³-hybridized carbons (Fsp3) is 0.242. The third-order valence-corrected chi connectivity index (χ3v) is 7.77. The lowest BCUT2D eigenvalue weighted by Gasteiger charge is -2.21. The molecule has 0 fully saturated rings. The van der Waals surface area contributed by atoms with Gasteiger partial charge in [0.15, 0.2) is 6.29 Å². The number of phenolic OH excluding ortho intramolecular Hbond substituents is 1. The molecule has 212 valence electrons. The minimum atomic E-state index is -1.43. The first-order chi connectivity index (χ1) is 19.7. The highest BCUT2D eigenvalue weighted by molar-refractivity contribution is 6.33. The Kier molecular flexibility index (Phi) is 8.73. The van der Waals surface area contributed by atoms with Crippen LogP contribution in [0.25, 0.3) is 22.3 Å². The van der Waals surface area contributed by atoms with Gasteiger partial charge in [0.1, 0.15) is 12.0 Å². The molecule has 0 heterocycles. The van der Waals surface area contributed by atoms with Crippen LogP contribution in [-0.2, 0) is 11.2 Å². The van der Waals surface area contributed by atoms with Crippen LogP contribution in [0, 0.1) is 0 Å². The van der Waals surface area contributed by atoms with E-state index >= 15 is 0 Å². The number of hydrogen-bond acceptors (Lipinski definition) is 6. The van der Waals surface area contributed by atoms with Crippen molar-refractivity contribution in [3.63, 3.8) is 0 Å². The van der Waals surface area contributed by atoms with Crippen LogP contribution in [0.15, 0.2) is 84.9 Å². The van der Waals surface area contributed by atoms with Crippen LogP contribution in [0.1, 0.15) is 42.4 Å². The minimum Gasteiger partial charge on any atom is -0.508 e. The fourth-order valence-electron chi connectivity index (χ4n) is 5.54. The van der Waals surface area contributed by atoms with Crippen LogP contribution in [-0.4, -0.2) is 44.9 Å². The van der Waals surface area contributed by atoms with E-state index in [1.54, 1.807) is 31.2 Å². The van der Waals surface area contributed by atoms with Crippen LogP contribution in [0.5, 0.6) is 5.75 Å². The molecule has 5 rings (SSSR count). The number of aliphatic hydroxyl groups excluding tert-OH is 2. The van der Waals surface area contributed by atoms with Crippen LogP contribution in [0.3, 0.4) is 0 Å². The van der Waals surface area contributed by atoms with E-state index < -0.39 is 18.6 Å². The zero-order chi connectivity index (χ0) is 29.1. The number of hydrogen-bond donors (Lipinski definition) is 6. The van der Waals surface area contributed by atoms with Gasteiger partial charge in [0.25, 0.3) is 0 Å². The SMILES string of the molecule is CC(O)NC(Cc1ccc(O)cc1)C(=O)Nc1ccc2c(c1)C(CCC(O)O)c1cc(-c3ccccc3Cl)ccc1-2. The van der Waals surface area contributed by atoms with Gasteiger partial charge in [-0.3, -0.25) is 10.1 Å². The quantitative estimate of drug-likeness (QED) is 0.142. The van der Waals surface area contributed by atoms with Gasteiger partial charge in [0, 0.05) is 22.2 Å². The van der Waals surface area contributed by atoms with Gasteiger partial charge >= 0.3 is 0 Å². The highest BCUT2D eigenvalue weighted by Gasteiger charge is 2.30. The first-order valence-electron chi connectivity index (χ1n) is 13.6. The zero-order valence-electron chi connectivity index (χ0n) is 22.6. The number of carbonyl (C=O) groups excluding carboxylic acids is 1. The number of benzene rings is 4. The Labute approximate surface area is 244 Å². The molecule has 1 amide bonds. The van der Waals surface area contributed by atoms with E-state index in [1.165, 1.54) is 0 Å². The standard InChI is InChI=1S/C33H33ClN2O5/c1-19(37)35-31(16-20-6-10-23(38)11-7-20)33(41)36-22-9-13-26-25-12-8-21(24-4-2-3-5-30(24)34)17-28(25)27(29(26)18-22)14-15-32(39)40/h2-13,17-19,27,31-32,35,37-40H,14-16H2,1H3,(H,36,41). The lowest BCUT2D eigenvalue weighted by atomic mass is 9.90. The van der Waals surface area contributed by atoms with Gasteiger partial charge in [-0.2, -0.15) is 0 Å². The van der Waals surface area contributed by atoms with Crippen molar-refractivity contribution in [1.29, 1.82) is 0 Å². The van der Waals surface area contributed by atoms with Crippen molar-refractivity contribution in [3.05, 3.63) is 107 Å². The molecular formula is C33H33ClN2O5. The van der Waals surface area contributed by atoms with Crippen LogP contribution < -0.4 is 10.6 Å². The highest BCUT2D eigenvalue weighted by Crippen LogP contribution is 2.49. The Balaban J connectivity index is 1.44. The number of aliphatic hydroxyl groups is 3. The van der Waals surface area contributed by atoms with Crippen LogP contribution in [0.4, 0.5) is 5.69 Å². The Morgan fingerprint density at radius 1 is 0.878 bits per heavy atom. The minimum absolute atomic E-state index is 0.107. The summed E-state index contributed by atoms with van der Waals surface area (Å²) in [5.41, 5.74) is 7.49. The predicted octanol–water partition coefficient (Wildman–Crippen LogP) is 5.39. The second kappa shape index (κ2) is 12.4. The molecule has 0 radical (unpaired) electrons. The fourth-order valence-corrected chi connectivity index (χ4v) is 5.79. The van der Waals surface area contributed by atoms with E-state index in [0.717, 1.165) is 38.9 Å². The first kappa shape index (κ1) is 28.8. The summed E-state index contributed by atoms with van der Waals surface area (Å²) in [6.45, 7) is 1.56. The summed E-state index contributed by atoms with van der Waals surface area (Å²) in [5, 5.41) is 45.4. The molecular weight excluding hydrogens is 540 g/mol. The number of carbonyl (C=O) groups is 1. The summed E-state index contributed by atoms with van der Waals surface area (Å²) in [5.74, 6) is -0.276. The van der Waals surface area contributed by atoms with E-state index in [0.29, 0.717) is 23.6 Å². The molecule has 1 aliphatic rings. The Hall–Kier alpha value is -3.72. The third kappa shape index (κ3) is 6.62. The van der Waals surface area contributed by atoms with Gasteiger partial charge < -0.3 is 25.7 Å². The smallest absolute Gasteiger partial charge is 0.241 e. The second-order valence-electron chi connectivity index (χ2n) is 10.4. The summed E-state index contributed by atoms with van der Waals surface area (Å²) in [7, 11) is 0. The molecule has 0 saturated carbocycles. The summed E-state index contributed by atoms with van der Waals surface area (Å²) >= 11 is 6.48. The van der Waals surface area contributed by atoms with Crippen molar-refractivity contribution in [3.8, 4) is 28.0 Å². The molecule has 0 spiro atoms. The summed E-state index contributed by atoms with van der Waals surface area (Å²) in [4.78, 5) is 13.4. The van der Waals surface area contributed by atoms with Gasteiger partial charge in [-0.05, 0) is 96.0 Å². The van der Waals surface area contributed by atoms with E-state index in [4.69, 9.17) is 11.6 Å². The summed E-state index contributed by atoms with van der Waals surface area (Å²) < 4.78 is 0. The van der Waals surface area contributed by atoms with Gasteiger partial charge in [-0.15, -0.1) is 0 Å². The average molecular weight is 573 g/mol. The third-order valence-electron chi connectivity index (χ3n) is 7.45. The Bertz CT molecular complexity index is 1540. The maximum Gasteiger partial charge on any atom is 0.241 e. The number of aromatic hydroxyl groups is 1. The van der Waals surface area contributed by atoms with Gasteiger partial charge in [0.2, 0.25) is 5.91 Å². The molecule has 4 aromatic rings. The maximum atomic E-state index is 13.4. The van der Waals surface area contributed by atoms with Crippen molar-refractivity contribution in [2.75, 3.05) is 5.32 Å². The number of phenols is 1. The summed E-state index contributed by atoms with van der Waals surface area (Å²) in [6.07, 6.45) is -1.31. The van der Waals surface area contributed by atoms with Crippen molar-refractivity contribution in [2.24, 2.45) is 0 Å². The molecule has 0 saturated heterocycles. The molecule has 41 heavy (non-hydrogen) atoms. The monoisotopic (exact) mass is 572 g/mol. The van der Waals surface area contributed by atoms with Gasteiger partial charge in [-0.25, -0.2) is 0 Å². The van der Waals surface area contributed by atoms with Crippen molar-refractivity contribution in [1.82, 2.24) is 5.32 Å². The molecule has 6 N–H and O–H groups in total. The van der Waals surface area contributed by atoms with Crippen molar-refractivity contribution >= 4 is 23.2 Å². The van der Waals surface area contributed by atoms with Crippen molar-refractivity contribution in [2.45, 2.75) is 50.7 Å². The number of halogens is 1. The molecule has 4 aromatic carbocycles. The van der Waals surface area contributed by atoms with E-state index in [9.17, 15) is 25.2 Å². The molecule has 8 heteroatoms. The van der Waals surface area contributed by atoms with Gasteiger partial charge in [-0.1, -0.05) is 60.1 Å². The molecule has 0 aliphatic heterocycles. The zero-order valence-corrected chi connectivity index (χ0v) is 23.3. The number of rotatable bonds is 10. The van der Waals surface area contributed by atoms with Crippen LogP contribution >= 0.6 is 11.6 Å². The van der Waals surface area contributed by atoms with E-state index in [1.807, 2.05) is 48.5 Å². The lowest BCUT2D eigenvalue weighted by molar-refractivity contribution is -0.119. The molecule has 0 bridgehead atoms. The molecule has 3 atom stereocenters. The maximum absolute atomic E-state index is 13.4. The van der Waals surface area contributed by atoms with Gasteiger partial charge in [0.05, 0.1) is 6.04 Å². The average Bonchev–Trinajstić information content (AvgIpc) is 3.24. The molecule has 0 aromatic heterocycles. The number of nitrogens with one attached hydrogen (secondary N) is 2. The number of amides is 1. The number of fused-ring (bicyclic) bond motifs is 3. The lowest BCUT2D eigenvalue weighted by Crippen LogP contribution is -2.46. The Morgan fingerprint density at radius 3 is 2.24 bits per heavy atom. The summed E-state index contributed by atoms with van der Waals surface area (Å²) in [6, 6.07) is 25.5. The second-order valence-corrected chi connectivity index (χ2v) is 10.9. The highest BCUT2D eigenvalue weighted by atomic mass is 35.5.